The molecule has 2 aromatic carbocycles. The summed E-state index contributed by atoms with van der Waals surface area (Å²) in [5.41, 5.74) is 10.1. The van der Waals surface area contributed by atoms with Crippen LogP contribution in [0.2, 0.25) is 5.02 Å². The number of hydrogen-bond donors (Lipinski definition) is 1. The molecule has 0 bridgehead atoms. The molecule has 1 fully saturated rings. The Kier molecular flexibility index (Phi) is 3.16. The lowest BCUT2D eigenvalue weighted by molar-refractivity contribution is 0.160. The fraction of sp³-hybridized carbons (Fsp3) is 0.333. The van der Waals surface area contributed by atoms with Crippen LogP contribution in [0.25, 0.3) is 0 Å². The van der Waals surface area contributed by atoms with Crippen LogP contribution in [0.5, 0.6) is 5.75 Å². The summed E-state index contributed by atoms with van der Waals surface area (Å²) in [6.45, 7) is 0. The van der Waals surface area contributed by atoms with E-state index in [2.05, 4.69) is 24.3 Å². The minimum atomic E-state index is -0.0234. The topological polar surface area (TPSA) is 35.2 Å². The van der Waals surface area contributed by atoms with E-state index in [0.29, 0.717) is 10.9 Å². The monoisotopic (exact) mass is 299 g/mol. The number of benzene rings is 2. The molecule has 3 heteroatoms. The van der Waals surface area contributed by atoms with Crippen LogP contribution in [0.15, 0.2) is 42.5 Å². The molecule has 21 heavy (non-hydrogen) atoms. The molecule has 0 amide bonds. The molecule has 0 spiro atoms. The van der Waals surface area contributed by atoms with Crippen molar-refractivity contribution in [3.05, 3.63) is 64.2 Å². The minimum absolute atomic E-state index is 0.0234. The third kappa shape index (κ3) is 2.43. The van der Waals surface area contributed by atoms with Crippen LogP contribution in [-0.4, -0.2) is 0 Å². The molecule has 2 atom stereocenters. The first-order chi connectivity index (χ1) is 10.2. The van der Waals surface area contributed by atoms with E-state index in [1.54, 1.807) is 0 Å². The van der Waals surface area contributed by atoms with Crippen molar-refractivity contribution in [1.82, 2.24) is 0 Å². The highest BCUT2D eigenvalue weighted by Gasteiger charge is 2.32. The summed E-state index contributed by atoms with van der Waals surface area (Å²) in [5, 5.41) is 0.713. The molecule has 108 valence electrons. The first-order valence-electron chi connectivity index (χ1n) is 7.53. The van der Waals surface area contributed by atoms with Crippen LogP contribution >= 0.6 is 11.6 Å². The van der Waals surface area contributed by atoms with Gasteiger partial charge in [-0.15, -0.1) is 0 Å². The number of halogens is 1. The summed E-state index contributed by atoms with van der Waals surface area (Å²) in [4.78, 5) is 0. The molecule has 1 aliphatic heterocycles. The summed E-state index contributed by atoms with van der Waals surface area (Å²) in [6.07, 6.45) is 3.44. The average molecular weight is 300 g/mol. The maximum absolute atomic E-state index is 6.35. The van der Waals surface area contributed by atoms with Crippen molar-refractivity contribution >= 4 is 11.6 Å². The standard InChI is InChI=1S/C18H18ClNO/c19-12-7-8-17-15(9-12)16(20)10-18(21-17)14-4-2-1-3-13(14)11-5-6-11/h1-4,7-9,11,16,18H,5-6,10,20H2. The number of rotatable bonds is 2. The highest BCUT2D eigenvalue weighted by atomic mass is 35.5. The zero-order valence-corrected chi connectivity index (χ0v) is 12.5. The molecule has 0 saturated heterocycles. The first-order valence-corrected chi connectivity index (χ1v) is 7.90. The SMILES string of the molecule is NC1CC(c2ccccc2C2CC2)Oc2ccc(Cl)cc21. The molecular formula is C18H18ClNO. The fourth-order valence-corrected chi connectivity index (χ4v) is 3.42. The summed E-state index contributed by atoms with van der Waals surface area (Å²) < 4.78 is 6.22. The van der Waals surface area contributed by atoms with Gasteiger partial charge in [-0.2, -0.15) is 0 Å². The van der Waals surface area contributed by atoms with E-state index in [1.807, 2.05) is 18.2 Å². The zero-order chi connectivity index (χ0) is 14.4. The molecule has 2 aliphatic rings. The predicted molar refractivity (Wildman–Crippen MR) is 84.8 cm³/mol. The van der Waals surface area contributed by atoms with E-state index in [4.69, 9.17) is 22.1 Å². The Labute approximate surface area is 129 Å². The second-order valence-electron chi connectivity index (χ2n) is 6.03. The van der Waals surface area contributed by atoms with Crippen LogP contribution in [0.1, 0.15) is 54.0 Å². The molecule has 0 aromatic heterocycles. The van der Waals surface area contributed by atoms with E-state index >= 15 is 0 Å². The van der Waals surface area contributed by atoms with Gasteiger partial charge in [-0.05, 0) is 48.1 Å². The molecule has 4 rings (SSSR count). The van der Waals surface area contributed by atoms with Crippen LogP contribution in [0.4, 0.5) is 0 Å². The lowest BCUT2D eigenvalue weighted by Crippen LogP contribution is -2.24. The van der Waals surface area contributed by atoms with Gasteiger partial charge >= 0.3 is 0 Å². The highest BCUT2D eigenvalue weighted by Crippen LogP contribution is 2.47. The van der Waals surface area contributed by atoms with Crippen molar-refractivity contribution in [3.8, 4) is 5.75 Å². The van der Waals surface area contributed by atoms with Crippen molar-refractivity contribution in [2.75, 3.05) is 0 Å². The lowest BCUT2D eigenvalue weighted by Gasteiger charge is -2.31. The quantitative estimate of drug-likeness (QED) is 0.869. The van der Waals surface area contributed by atoms with Gasteiger partial charge < -0.3 is 10.5 Å². The highest BCUT2D eigenvalue weighted by molar-refractivity contribution is 6.30. The van der Waals surface area contributed by atoms with Crippen molar-refractivity contribution < 1.29 is 4.74 Å². The second kappa shape index (κ2) is 5.04. The largest absolute Gasteiger partial charge is 0.485 e. The third-order valence-electron chi connectivity index (χ3n) is 4.47. The van der Waals surface area contributed by atoms with E-state index < -0.39 is 0 Å². The molecular weight excluding hydrogens is 282 g/mol. The van der Waals surface area contributed by atoms with Crippen LogP contribution in [0, 0.1) is 0 Å². The molecule has 2 aromatic rings. The van der Waals surface area contributed by atoms with Gasteiger partial charge in [-0.25, -0.2) is 0 Å². The Morgan fingerprint density at radius 3 is 2.52 bits per heavy atom. The number of nitrogens with two attached hydrogens (primary N) is 1. The van der Waals surface area contributed by atoms with Crippen molar-refractivity contribution in [1.29, 1.82) is 0 Å². The smallest absolute Gasteiger partial charge is 0.126 e. The molecule has 0 radical (unpaired) electrons. The van der Waals surface area contributed by atoms with Gasteiger partial charge in [0.25, 0.3) is 0 Å². The molecule has 2 N–H and O–H groups in total. The van der Waals surface area contributed by atoms with Gasteiger partial charge in [0, 0.05) is 23.0 Å². The zero-order valence-electron chi connectivity index (χ0n) is 11.8. The van der Waals surface area contributed by atoms with Gasteiger partial charge in [-0.3, -0.25) is 0 Å². The average Bonchev–Trinajstić information content (AvgIpc) is 3.32. The van der Waals surface area contributed by atoms with Gasteiger partial charge in [-0.1, -0.05) is 35.9 Å². The van der Waals surface area contributed by atoms with E-state index in [1.165, 1.54) is 24.0 Å². The Hall–Kier alpha value is -1.51. The predicted octanol–water partition coefficient (Wildman–Crippen LogP) is 4.74. The Bertz CT molecular complexity index is 681. The van der Waals surface area contributed by atoms with Crippen LogP contribution in [0.3, 0.4) is 0 Å². The van der Waals surface area contributed by atoms with E-state index in [-0.39, 0.29) is 12.1 Å². The maximum Gasteiger partial charge on any atom is 0.126 e. The summed E-state index contributed by atoms with van der Waals surface area (Å²) in [7, 11) is 0. The van der Waals surface area contributed by atoms with Gasteiger partial charge in [0.2, 0.25) is 0 Å². The van der Waals surface area contributed by atoms with Crippen LogP contribution in [-0.2, 0) is 0 Å². The van der Waals surface area contributed by atoms with Gasteiger partial charge in [0.1, 0.15) is 11.9 Å². The van der Waals surface area contributed by atoms with Crippen LogP contribution < -0.4 is 10.5 Å². The number of ether oxygens (including phenoxy) is 1. The summed E-state index contributed by atoms with van der Waals surface area (Å²) in [6, 6.07) is 14.3. The molecule has 2 unspecified atom stereocenters. The van der Waals surface area contributed by atoms with Gasteiger partial charge in [0.05, 0.1) is 0 Å². The normalized spacial score (nSPS) is 24.3. The van der Waals surface area contributed by atoms with E-state index in [9.17, 15) is 0 Å². The van der Waals surface area contributed by atoms with E-state index in [0.717, 1.165) is 17.7 Å². The van der Waals surface area contributed by atoms with Crippen molar-refractivity contribution in [3.63, 3.8) is 0 Å². The molecule has 1 aliphatic carbocycles. The number of hydrogen-bond acceptors (Lipinski definition) is 2. The maximum atomic E-state index is 6.35. The third-order valence-corrected chi connectivity index (χ3v) is 4.70. The Balaban J connectivity index is 1.71. The molecule has 1 saturated carbocycles. The summed E-state index contributed by atoms with van der Waals surface area (Å²) in [5.74, 6) is 1.58. The Morgan fingerprint density at radius 1 is 1.00 bits per heavy atom. The second-order valence-corrected chi connectivity index (χ2v) is 6.47. The lowest BCUT2D eigenvalue weighted by atomic mass is 9.90. The number of fused-ring (bicyclic) bond motifs is 1. The summed E-state index contributed by atoms with van der Waals surface area (Å²) >= 11 is 6.06. The van der Waals surface area contributed by atoms with Gasteiger partial charge in [0.15, 0.2) is 0 Å². The Morgan fingerprint density at radius 2 is 1.76 bits per heavy atom. The first kappa shape index (κ1) is 13.2. The molecule has 2 nitrogen and oxygen atoms in total. The van der Waals surface area contributed by atoms with Crippen molar-refractivity contribution in [2.24, 2.45) is 5.73 Å². The molecule has 1 heterocycles. The minimum Gasteiger partial charge on any atom is -0.485 e. The fourth-order valence-electron chi connectivity index (χ4n) is 3.24. The van der Waals surface area contributed by atoms with Crippen molar-refractivity contribution in [2.45, 2.75) is 37.3 Å².